The minimum absolute atomic E-state index is 0.183. The van der Waals surface area contributed by atoms with Crippen LogP contribution in [0.2, 0.25) is 0 Å². The van der Waals surface area contributed by atoms with Gasteiger partial charge in [-0.3, -0.25) is 9.55 Å². The van der Waals surface area contributed by atoms with E-state index in [0.717, 1.165) is 50.6 Å². The zero-order valence-corrected chi connectivity index (χ0v) is 37.4. The number of phenols is 1. The zero-order valence-electron chi connectivity index (χ0n) is 55.4. The van der Waals surface area contributed by atoms with E-state index in [1.807, 2.05) is 135 Å². The number of benzene rings is 7. The van der Waals surface area contributed by atoms with Gasteiger partial charge < -0.3 is 5.11 Å². The summed E-state index contributed by atoms with van der Waals surface area (Å²) < 4.78 is 160. The van der Waals surface area contributed by atoms with Crippen molar-refractivity contribution >= 4 is 11.0 Å². The Hall–Kier alpha value is -7.04. The number of rotatable bonds is 7. The SMILES string of the molecule is [2H]C([2H])([2H])C(c1cc(-c2nc3c(-c4cc(-c5ncc(C)c(-c6ccccc6)c5C)cc(C(C)(C)C)c4)cccc3n2-c2ccc(-c3ccccc3)cc2-c2ccccc2)c(O)c(C(C([2H])([2H])[2H])(C([2H])([2H])[2H])C([2H])([2H])[2H])c1)(C([2H])([2H])[2H])C([2H])([2H])[2H]. The number of nitrogens with zero attached hydrogens (tertiary/aromatic N) is 3. The Morgan fingerprint density at radius 1 is 0.515 bits per heavy atom. The number of aromatic hydroxyl groups is 1. The summed E-state index contributed by atoms with van der Waals surface area (Å²) in [6.45, 7) is -14.4. The van der Waals surface area contributed by atoms with Gasteiger partial charge in [0.2, 0.25) is 0 Å². The van der Waals surface area contributed by atoms with Gasteiger partial charge >= 0.3 is 0 Å². The molecule has 66 heavy (non-hydrogen) atoms. The van der Waals surface area contributed by atoms with Crippen molar-refractivity contribution in [1.29, 1.82) is 0 Å². The van der Waals surface area contributed by atoms with Crippen molar-refractivity contribution in [1.82, 2.24) is 14.5 Å². The quantitative estimate of drug-likeness (QED) is 0.173. The van der Waals surface area contributed by atoms with Crippen molar-refractivity contribution in [3.8, 4) is 78.6 Å². The van der Waals surface area contributed by atoms with Gasteiger partial charge in [-0.1, -0.05) is 183 Å². The van der Waals surface area contributed by atoms with E-state index in [9.17, 15) is 5.11 Å². The topological polar surface area (TPSA) is 50.9 Å². The van der Waals surface area contributed by atoms with Gasteiger partial charge in [0.05, 0.1) is 28.0 Å². The smallest absolute Gasteiger partial charge is 0.149 e. The van der Waals surface area contributed by atoms with Gasteiger partial charge in [0.15, 0.2) is 0 Å². The van der Waals surface area contributed by atoms with Gasteiger partial charge in [-0.25, -0.2) is 4.98 Å². The van der Waals surface area contributed by atoms with Gasteiger partial charge in [0.1, 0.15) is 11.6 Å². The molecule has 0 saturated carbocycles. The number of aromatic nitrogens is 3. The summed E-state index contributed by atoms with van der Waals surface area (Å²) in [5.74, 6) is -1.77. The van der Waals surface area contributed by atoms with Crippen LogP contribution in [0.25, 0.3) is 83.9 Å². The third-order valence-corrected chi connectivity index (χ3v) is 12.3. The van der Waals surface area contributed by atoms with E-state index in [1.165, 1.54) is 4.57 Å². The average molecular weight is 882 g/mol. The highest BCUT2D eigenvalue weighted by molar-refractivity contribution is 5.98. The van der Waals surface area contributed by atoms with E-state index >= 15 is 0 Å². The number of hydrogen-bond donors (Lipinski definition) is 1. The lowest BCUT2D eigenvalue weighted by molar-refractivity contribution is 0.446. The molecule has 0 spiro atoms. The fourth-order valence-corrected chi connectivity index (χ4v) is 8.88. The Bertz CT molecular complexity index is 3870. The van der Waals surface area contributed by atoms with Crippen LogP contribution in [-0.4, -0.2) is 19.6 Å². The number of pyridine rings is 1. The van der Waals surface area contributed by atoms with Crippen molar-refractivity contribution in [3.63, 3.8) is 0 Å². The van der Waals surface area contributed by atoms with Crippen molar-refractivity contribution in [3.05, 3.63) is 192 Å². The summed E-state index contributed by atoms with van der Waals surface area (Å²) in [4.78, 5) is 10.3. The van der Waals surface area contributed by atoms with E-state index < -0.39 is 85.6 Å². The summed E-state index contributed by atoms with van der Waals surface area (Å²) in [6, 6.07) is 46.2. The predicted molar refractivity (Wildman–Crippen MR) is 279 cm³/mol. The predicted octanol–water partition coefficient (Wildman–Crippen LogP) is 16.6. The lowest BCUT2D eigenvalue weighted by Crippen LogP contribution is -2.17. The molecule has 0 unspecified atom stereocenters. The molecular formula is C62H61N3O. The third-order valence-electron chi connectivity index (χ3n) is 12.3. The van der Waals surface area contributed by atoms with Crippen LogP contribution in [0.1, 0.15) is 114 Å². The van der Waals surface area contributed by atoms with Gasteiger partial charge in [-0.2, -0.15) is 0 Å². The van der Waals surface area contributed by atoms with Crippen LogP contribution in [0.15, 0.2) is 164 Å². The highest BCUT2D eigenvalue weighted by atomic mass is 16.3. The van der Waals surface area contributed by atoms with Crippen molar-refractivity contribution in [2.75, 3.05) is 0 Å². The maximum Gasteiger partial charge on any atom is 0.149 e. The second-order valence-electron chi connectivity index (χ2n) is 18.0. The molecule has 330 valence electrons. The fourth-order valence-electron chi connectivity index (χ4n) is 8.88. The van der Waals surface area contributed by atoms with Crippen LogP contribution in [0, 0.1) is 13.8 Å². The molecule has 4 heteroatoms. The number of phenolic OH excluding ortho intramolecular Hbond substituents is 1. The monoisotopic (exact) mass is 882 g/mol. The second-order valence-corrected chi connectivity index (χ2v) is 18.0. The van der Waals surface area contributed by atoms with E-state index in [4.69, 9.17) is 34.6 Å². The molecule has 0 fully saturated rings. The molecule has 0 amide bonds. The Balaban J connectivity index is 1.51. The number of imidazole rings is 1. The number of fused-ring (bicyclic) bond motifs is 1. The molecule has 0 aliphatic heterocycles. The molecular weight excluding hydrogens is 803 g/mol. The summed E-state index contributed by atoms with van der Waals surface area (Å²) in [6.07, 6.45) is 1.82. The highest BCUT2D eigenvalue weighted by Crippen LogP contribution is 2.46. The summed E-state index contributed by atoms with van der Waals surface area (Å²) in [5.41, 5.74) is -1.34. The Morgan fingerprint density at radius 2 is 1.14 bits per heavy atom. The van der Waals surface area contributed by atoms with Crippen LogP contribution in [0.4, 0.5) is 0 Å². The first-order valence-corrected chi connectivity index (χ1v) is 21.7. The van der Waals surface area contributed by atoms with E-state index in [2.05, 4.69) is 26.8 Å². The van der Waals surface area contributed by atoms with Crippen LogP contribution < -0.4 is 0 Å². The number of hydrogen-bond acceptors (Lipinski definition) is 3. The summed E-state index contributed by atoms with van der Waals surface area (Å²) >= 11 is 0. The first kappa shape index (κ1) is 27.4. The molecule has 1 N–H and O–H groups in total. The second kappa shape index (κ2) is 16.7. The van der Waals surface area contributed by atoms with E-state index in [-0.39, 0.29) is 11.0 Å². The first-order valence-electron chi connectivity index (χ1n) is 30.7. The standard InChI is InChI=1S/C62H61N3O/c1-39-38-63-56(40(2)55(39)43-26-19-14-20-27-43)46-32-45(33-47(34-46)60(3,4)5)49-28-21-29-54-57(49)64-59(51-36-48(61(6,7)8)37-52(58(51)66)62(9,10)11)65(54)53-31-30-44(41-22-15-12-16-23-41)35-50(53)42-24-17-13-18-25-42/h12-38,66H,1-11H3/i6D3,7D3,8D3,9D3,10D3,11D3. The van der Waals surface area contributed by atoms with Gasteiger partial charge in [0, 0.05) is 53.1 Å². The fraction of sp³-hybridized carbons (Fsp3) is 0.226. The molecule has 9 rings (SSSR count). The molecule has 9 aromatic rings. The maximum absolute atomic E-state index is 13.1. The molecule has 4 nitrogen and oxygen atoms in total. The van der Waals surface area contributed by atoms with Gasteiger partial charge in [-0.05, 0) is 122 Å². The zero-order chi connectivity index (χ0) is 61.7. The molecule has 0 aliphatic rings. The van der Waals surface area contributed by atoms with Crippen LogP contribution >= 0.6 is 0 Å². The highest BCUT2D eigenvalue weighted by Gasteiger charge is 2.30. The summed E-state index contributed by atoms with van der Waals surface area (Å²) in [5, 5.41) is 13.1. The average Bonchev–Trinajstić information content (AvgIpc) is 0.804. The molecule has 0 bridgehead atoms. The molecule has 0 saturated heterocycles. The number of para-hydroxylation sites is 1. The molecule has 0 aliphatic carbocycles. The van der Waals surface area contributed by atoms with Crippen molar-refractivity contribution in [2.45, 2.75) is 92.0 Å². The number of aryl methyl sites for hydroxylation is 1. The largest absolute Gasteiger partial charge is 0.507 e. The lowest BCUT2D eigenvalue weighted by Gasteiger charge is -2.27. The van der Waals surface area contributed by atoms with E-state index in [0.29, 0.717) is 39.7 Å². The molecule has 0 atom stereocenters. The van der Waals surface area contributed by atoms with Crippen LogP contribution in [-0.2, 0) is 16.2 Å². The molecule has 2 heterocycles. The molecule has 2 aromatic heterocycles. The van der Waals surface area contributed by atoms with Gasteiger partial charge in [-0.15, -0.1) is 0 Å². The maximum atomic E-state index is 13.1. The minimum Gasteiger partial charge on any atom is -0.507 e. The third kappa shape index (κ3) is 8.26. The molecule has 0 radical (unpaired) electrons. The summed E-state index contributed by atoms with van der Waals surface area (Å²) in [7, 11) is 0. The van der Waals surface area contributed by atoms with Crippen LogP contribution in [0.3, 0.4) is 0 Å². The van der Waals surface area contributed by atoms with E-state index in [1.54, 1.807) is 24.3 Å². The van der Waals surface area contributed by atoms with Gasteiger partial charge in [0.25, 0.3) is 0 Å². The lowest BCUT2D eigenvalue weighted by atomic mass is 9.79. The Labute approximate surface area is 417 Å². The normalized spacial score (nSPS) is 17.4. The molecule has 7 aromatic carbocycles. The van der Waals surface area contributed by atoms with Crippen molar-refractivity contribution in [2.24, 2.45) is 0 Å². The van der Waals surface area contributed by atoms with Crippen molar-refractivity contribution < 1.29 is 29.8 Å². The Kier molecular flexibility index (Phi) is 6.96. The minimum atomic E-state index is -4.15. The van der Waals surface area contributed by atoms with Crippen LogP contribution in [0.5, 0.6) is 5.75 Å². The first-order chi connectivity index (χ1) is 38.9. The Morgan fingerprint density at radius 3 is 1.79 bits per heavy atom.